The lowest BCUT2D eigenvalue weighted by molar-refractivity contribution is 0.138. The highest BCUT2D eigenvalue weighted by Crippen LogP contribution is 2.32. The number of hydrogen-bond acceptors (Lipinski definition) is 3. The fourth-order valence-electron chi connectivity index (χ4n) is 1.21. The summed E-state index contributed by atoms with van der Waals surface area (Å²) < 4.78 is 6.53. The minimum absolute atomic E-state index is 0.524. The van der Waals surface area contributed by atoms with E-state index in [1.54, 1.807) is 11.3 Å². The molecule has 0 aliphatic heterocycles. The largest absolute Gasteiger partial charge is 0.380 e. The summed E-state index contributed by atoms with van der Waals surface area (Å²) in [5.41, 5.74) is 0. The highest BCUT2D eigenvalue weighted by molar-refractivity contribution is 9.11. The molecule has 1 heterocycles. The maximum atomic E-state index is 5.94. The van der Waals surface area contributed by atoms with Gasteiger partial charge in [0.05, 0.1) is 22.0 Å². The minimum atomic E-state index is 0.524. The highest BCUT2D eigenvalue weighted by atomic mass is 79.9. The van der Waals surface area contributed by atoms with E-state index in [1.807, 2.05) is 6.07 Å². The Labute approximate surface area is 114 Å². The standard InChI is InChI=1S/C11H17BrClNOS/c1-8(2)14-4-6-15-5-3-9-7-10(13)11(12)16-9/h7-8,14H,3-6H2,1-2H3. The van der Waals surface area contributed by atoms with E-state index >= 15 is 0 Å². The summed E-state index contributed by atoms with van der Waals surface area (Å²) in [6.07, 6.45) is 0.928. The molecule has 0 saturated carbocycles. The molecule has 0 unspecified atom stereocenters. The zero-order valence-electron chi connectivity index (χ0n) is 9.56. The molecule has 1 rings (SSSR count). The third-order valence-electron chi connectivity index (χ3n) is 1.99. The van der Waals surface area contributed by atoms with Gasteiger partial charge in [-0.3, -0.25) is 0 Å². The molecule has 0 aliphatic carbocycles. The van der Waals surface area contributed by atoms with Gasteiger partial charge in [-0.1, -0.05) is 25.4 Å². The number of rotatable bonds is 7. The van der Waals surface area contributed by atoms with E-state index in [2.05, 4.69) is 35.1 Å². The molecule has 0 aliphatic rings. The van der Waals surface area contributed by atoms with Crippen molar-refractivity contribution < 1.29 is 4.74 Å². The van der Waals surface area contributed by atoms with Gasteiger partial charge in [0.2, 0.25) is 0 Å². The Kier molecular flexibility index (Phi) is 6.92. The number of ether oxygens (including phenoxy) is 1. The van der Waals surface area contributed by atoms with Crippen LogP contribution >= 0.6 is 38.9 Å². The Morgan fingerprint density at radius 1 is 1.50 bits per heavy atom. The molecule has 0 spiro atoms. The summed E-state index contributed by atoms with van der Waals surface area (Å²) in [6.45, 7) is 6.68. The molecule has 92 valence electrons. The molecule has 0 radical (unpaired) electrons. The quantitative estimate of drug-likeness (QED) is 0.771. The van der Waals surface area contributed by atoms with E-state index in [4.69, 9.17) is 16.3 Å². The van der Waals surface area contributed by atoms with Crippen LogP contribution in [-0.4, -0.2) is 25.8 Å². The summed E-state index contributed by atoms with van der Waals surface area (Å²) in [5.74, 6) is 0. The Hall–Kier alpha value is 0.390. The van der Waals surface area contributed by atoms with Gasteiger partial charge < -0.3 is 10.1 Å². The molecule has 16 heavy (non-hydrogen) atoms. The second kappa shape index (κ2) is 7.67. The lowest BCUT2D eigenvalue weighted by Crippen LogP contribution is -2.26. The number of thiophene rings is 1. The maximum absolute atomic E-state index is 5.94. The number of halogens is 2. The lowest BCUT2D eigenvalue weighted by atomic mass is 10.4. The summed E-state index contributed by atoms with van der Waals surface area (Å²) in [6, 6.07) is 2.52. The van der Waals surface area contributed by atoms with Crippen molar-refractivity contribution in [3.05, 3.63) is 19.8 Å². The zero-order chi connectivity index (χ0) is 12.0. The van der Waals surface area contributed by atoms with Gasteiger partial charge in [0.15, 0.2) is 0 Å². The van der Waals surface area contributed by atoms with Crippen molar-refractivity contribution in [3.63, 3.8) is 0 Å². The number of nitrogens with one attached hydrogen (secondary N) is 1. The smallest absolute Gasteiger partial charge is 0.0887 e. The topological polar surface area (TPSA) is 21.3 Å². The monoisotopic (exact) mass is 325 g/mol. The molecule has 1 N–H and O–H groups in total. The first-order chi connectivity index (χ1) is 7.59. The first-order valence-corrected chi connectivity index (χ1v) is 7.33. The van der Waals surface area contributed by atoms with Gasteiger partial charge in [-0.25, -0.2) is 0 Å². The molecule has 0 aromatic carbocycles. The summed E-state index contributed by atoms with van der Waals surface area (Å²) >= 11 is 11.0. The van der Waals surface area contributed by atoms with E-state index in [0.29, 0.717) is 6.04 Å². The molecule has 5 heteroatoms. The SMILES string of the molecule is CC(C)NCCOCCc1cc(Cl)c(Br)s1. The van der Waals surface area contributed by atoms with Gasteiger partial charge in [0, 0.05) is 23.9 Å². The van der Waals surface area contributed by atoms with E-state index in [1.165, 1.54) is 4.88 Å². The van der Waals surface area contributed by atoms with Gasteiger partial charge in [-0.05, 0) is 22.0 Å². The maximum Gasteiger partial charge on any atom is 0.0887 e. The minimum Gasteiger partial charge on any atom is -0.380 e. The number of hydrogen-bond donors (Lipinski definition) is 1. The normalized spacial score (nSPS) is 11.3. The van der Waals surface area contributed by atoms with Gasteiger partial charge in [0.1, 0.15) is 0 Å². The zero-order valence-corrected chi connectivity index (χ0v) is 12.7. The molecule has 0 bridgehead atoms. The van der Waals surface area contributed by atoms with Crippen molar-refractivity contribution >= 4 is 38.9 Å². The van der Waals surface area contributed by atoms with Crippen molar-refractivity contribution in [1.82, 2.24) is 5.32 Å². The molecule has 1 aromatic rings. The van der Waals surface area contributed by atoms with Crippen molar-refractivity contribution in [3.8, 4) is 0 Å². The average molecular weight is 327 g/mol. The molecule has 0 fully saturated rings. The van der Waals surface area contributed by atoms with Crippen LogP contribution in [0, 0.1) is 0 Å². The van der Waals surface area contributed by atoms with Crippen LogP contribution in [-0.2, 0) is 11.2 Å². The molecule has 1 aromatic heterocycles. The van der Waals surface area contributed by atoms with Crippen molar-refractivity contribution in [1.29, 1.82) is 0 Å². The predicted molar refractivity (Wildman–Crippen MR) is 74.7 cm³/mol. The van der Waals surface area contributed by atoms with E-state index in [-0.39, 0.29) is 0 Å². The van der Waals surface area contributed by atoms with E-state index in [0.717, 1.165) is 35.0 Å². The van der Waals surface area contributed by atoms with Gasteiger partial charge in [-0.15, -0.1) is 11.3 Å². The van der Waals surface area contributed by atoms with E-state index in [9.17, 15) is 0 Å². The van der Waals surface area contributed by atoms with Crippen molar-refractivity contribution in [2.75, 3.05) is 19.8 Å². The molecular formula is C11H17BrClNOS. The summed E-state index contributed by atoms with van der Waals surface area (Å²) in [5, 5.41) is 4.10. The summed E-state index contributed by atoms with van der Waals surface area (Å²) in [7, 11) is 0. The first kappa shape index (κ1) is 14.5. The predicted octanol–water partition coefficient (Wildman–Crippen LogP) is 3.72. The average Bonchev–Trinajstić information content (AvgIpc) is 2.52. The molecule has 0 amide bonds. The third-order valence-corrected chi connectivity index (χ3v) is 4.52. The first-order valence-electron chi connectivity index (χ1n) is 5.34. The molecule has 0 atom stereocenters. The van der Waals surface area contributed by atoms with Crippen molar-refractivity contribution in [2.45, 2.75) is 26.3 Å². The Morgan fingerprint density at radius 3 is 2.81 bits per heavy atom. The third kappa shape index (κ3) is 5.64. The van der Waals surface area contributed by atoms with E-state index < -0.39 is 0 Å². The van der Waals surface area contributed by atoms with Gasteiger partial charge in [0.25, 0.3) is 0 Å². The Morgan fingerprint density at radius 2 is 2.25 bits per heavy atom. The van der Waals surface area contributed by atoms with Gasteiger partial charge in [-0.2, -0.15) is 0 Å². The van der Waals surface area contributed by atoms with Crippen LogP contribution in [0.15, 0.2) is 9.85 Å². The molecule has 2 nitrogen and oxygen atoms in total. The van der Waals surface area contributed by atoms with Crippen LogP contribution in [0.5, 0.6) is 0 Å². The lowest BCUT2D eigenvalue weighted by Gasteiger charge is -2.07. The van der Waals surface area contributed by atoms with Crippen LogP contribution in [0.1, 0.15) is 18.7 Å². The molecule has 0 saturated heterocycles. The van der Waals surface area contributed by atoms with Crippen molar-refractivity contribution in [2.24, 2.45) is 0 Å². The second-order valence-corrected chi connectivity index (χ2v) is 6.67. The van der Waals surface area contributed by atoms with Crippen LogP contribution < -0.4 is 5.32 Å². The van der Waals surface area contributed by atoms with Crippen LogP contribution in [0.4, 0.5) is 0 Å². The highest BCUT2D eigenvalue weighted by Gasteiger charge is 2.03. The summed E-state index contributed by atoms with van der Waals surface area (Å²) in [4.78, 5) is 1.26. The Bertz CT molecular complexity index is 297. The van der Waals surface area contributed by atoms with Crippen LogP contribution in [0.3, 0.4) is 0 Å². The van der Waals surface area contributed by atoms with Gasteiger partial charge >= 0.3 is 0 Å². The molecular weight excluding hydrogens is 310 g/mol. The second-order valence-electron chi connectivity index (χ2n) is 3.81. The van der Waals surface area contributed by atoms with Crippen LogP contribution in [0.25, 0.3) is 0 Å². The fraction of sp³-hybridized carbons (Fsp3) is 0.636. The van der Waals surface area contributed by atoms with Crippen LogP contribution in [0.2, 0.25) is 5.02 Å². The fourth-order valence-corrected chi connectivity index (χ4v) is 3.01. The Balaban J connectivity index is 2.07.